The summed E-state index contributed by atoms with van der Waals surface area (Å²) in [6.45, 7) is 6.06. The van der Waals surface area contributed by atoms with Gasteiger partial charge in [-0.2, -0.15) is 0 Å². The Balaban J connectivity index is 1.97. The van der Waals surface area contributed by atoms with E-state index >= 15 is 0 Å². The number of anilines is 1. The molecule has 0 saturated carbocycles. The van der Waals surface area contributed by atoms with Crippen LogP contribution in [-0.4, -0.2) is 6.04 Å². The normalized spacial score (nSPS) is 15.6. The van der Waals surface area contributed by atoms with Crippen molar-refractivity contribution in [3.05, 3.63) is 29.3 Å². The second kappa shape index (κ2) is 6.06. The number of ether oxygens (including phenoxy) is 1. The molecular formula is C15H23NO. The molecule has 2 rings (SSSR count). The Morgan fingerprint density at radius 3 is 2.82 bits per heavy atom. The molecule has 17 heavy (non-hydrogen) atoms. The molecule has 1 aliphatic heterocycles. The third-order valence-corrected chi connectivity index (χ3v) is 3.49. The van der Waals surface area contributed by atoms with E-state index in [9.17, 15) is 0 Å². The maximum Gasteiger partial charge on any atom is 0.0725 e. The van der Waals surface area contributed by atoms with Crippen molar-refractivity contribution in [2.75, 3.05) is 5.32 Å². The van der Waals surface area contributed by atoms with Gasteiger partial charge in [-0.25, -0.2) is 0 Å². The number of rotatable bonds is 6. The Morgan fingerprint density at radius 1 is 1.24 bits per heavy atom. The van der Waals surface area contributed by atoms with Gasteiger partial charge in [-0.05, 0) is 36.1 Å². The summed E-state index contributed by atoms with van der Waals surface area (Å²) in [5.74, 6) is 0. The lowest BCUT2D eigenvalue weighted by molar-refractivity contribution is 0.134. The monoisotopic (exact) mass is 233 g/mol. The minimum Gasteiger partial charge on any atom is -0.382 e. The van der Waals surface area contributed by atoms with E-state index in [1.807, 2.05) is 0 Å². The van der Waals surface area contributed by atoms with Crippen molar-refractivity contribution >= 4 is 5.69 Å². The van der Waals surface area contributed by atoms with E-state index < -0.39 is 0 Å². The Bertz CT molecular complexity index is 362. The van der Waals surface area contributed by atoms with Crippen LogP contribution in [0, 0.1) is 0 Å². The van der Waals surface area contributed by atoms with Crippen LogP contribution in [-0.2, 0) is 18.0 Å². The van der Waals surface area contributed by atoms with Crippen LogP contribution < -0.4 is 5.32 Å². The van der Waals surface area contributed by atoms with Crippen LogP contribution in [0.4, 0.5) is 5.69 Å². The fourth-order valence-electron chi connectivity index (χ4n) is 2.33. The van der Waals surface area contributed by atoms with Crippen LogP contribution in [0.5, 0.6) is 0 Å². The van der Waals surface area contributed by atoms with Gasteiger partial charge in [0.15, 0.2) is 0 Å². The molecule has 94 valence electrons. The number of nitrogens with one attached hydrogen (secondary N) is 1. The highest BCUT2D eigenvalue weighted by atomic mass is 16.5. The maximum atomic E-state index is 5.44. The Hall–Kier alpha value is -1.02. The summed E-state index contributed by atoms with van der Waals surface area (Å²) in [4.78, 5) is 0. The first-order valence-corrected chi connectivity index (χ1v) is 6.79. The molecule has 0 amide bonds. The third kappa shape index (κ3) is 3.22. The van der Waals surface area contributed by atoms with Crippen LogP contribution in [0.1, 0.15) is 50.7 Å². The van der Waals surface area contributed by atoms with Gasteiger partial charge in [0.25, 0.3) is 0 Å². The summed E-state index contributed by atoms with van der Waals surface area (Å²) in [7, 11) is 0. The van der Waals surface area contributed by atoms with Gasteiger partial charge in [-0.15, -0.1) is 0 Å². The molecule has 2 heteroatoms. The van der Waals surface area contributed by atoms with Gasteiger partial charge in [-0.3, -0.25) is 0 Å². The zero-order valence-electron chi connectivity index (χ0n) is 11.0. The molecule has 1 unspecified atom stereocenters. The Labute approximate surface area is 104 Å². The van der Waals surface area contributed by atoms with Crippen molar-refractivity contribution < 1.29 is 4.74 Å². The van der Waals surface area contributed by atoms with Crippen molar-refractivity contribution in [2.45, 2.75) is 58.8 Å². The molecule has 1 aromatic rings. The van der Waals surface area contributed by atoms with Crippen molar-refractivity contribution in [3.63, 3.8) is 0 Å². The molecule has 0 fully saturated rings. The molecule has 0 spiro atoms. The second-order valence-corrected chi connectivity index (χ2v) is 4.87. The van der Waals surface area contributed by atoms with Gasteiger partial charge in [0.1, 0.15) is 0 Å². The van der Waals surface area contributed by atoms with Crippen LogP contribution >= 0.6 is 0 Å². The van der Waals surface area contributed by atoms with Gasteiger partial charge in [0.2, 0.25) is 0 Å². The predicted octanol–water partition coefficient (Wildman–Crippen LogP) is 4.10. The van der Waals surface area contributed by atoms with E-state index in [4.69, 9.17) is 4.74 Å². The standard InChI is InChI=1S/C15H23NO/c1-3-5-6-14(4-2)16-15-8-7-12-10-17-11-13(12)9-15/h7-9,14,16H,3-6,10-11H2,1-2H3. The number of unbranched alkanes of at least 4 members (excludes halogenated alkanes) is 1. The fourth-order valence-corrected chi connectivity index (χ4v) is 2.33. The molecular weight excluding hydrogens is 210 g/mol. The average Bonchev–Trinajstić information content (AvgIpc) is 2.81. The molecule has 0 aliphatic carbocycles. The van der Waals surface area contributed by atoms with Crippen LogP contribution in [0.25, 0.3) is 0 Å². The van der Waals surface area contributed by atoms with E-state index in [-0.39, 0.29) is 0 Å². The summed E-state index contributed by atoms with van der Waals surface area (Å²) < 4.78 is 5.44. The van der Waals surface area contributed by atoms with E-state index in [1.165, 1.54) is 42.5 Å². The molecule has 1 aromatic carbocycles. The zero-order valence-corrected chi connectivity index (χ0v) is 11.0. The number of fused-ring (bicyclic) bond motifs is 1. The highest BCUT2D eigenvalue weighted by molar-refractivity contribution is 5.49. The summed E-state index contributed by atoms with van der Waals surface area (Å²) in [6, 6.07) is 7.23. The molecule has 1 N–H and O–H groups in total. The van der Waals surface area contributed by atoms with Gasteiger partial charge in [0.05, 0.1) is 13.2 Å². The lowest BCUT2D eigenvalue weighted by atomic mass is 10.1. The number of hydrogen-bond donors (Lipinski definition) is 1. The quantitative estimate of drug-likeness (QED) is 0.798. The van der Waals surface area contributed by atoms with Crippen LogP contribution in [0.15, 0.2) is 18.2 Å². The van der Waals surface area contributed by atoms with Crippen molar-refractivity contribution in [3.8, 4) is 0 Å². The van der Waals surface area contributed by atoms with Crippen molar-refractivity contribution in [1.29, 1.82) is 0 Å². The van der Waals surface area contributed by atoms with Crippen molar-refractivity contribution in [2.24, 2.45) is 0 Å². The molecule has 0 bridgehead atoms. The summed E-state index contributed by atoms with van der Waals surface area (Å²) in [5.41, 5.74) is 3.94. The predicted molar refractivity (Wildman–Crippen MR) is 72.2 cm³/mol. The van der Waals surface area contributed by atoms with E-state index in [2.05, 4.69) is 37.4 Å². The summed E-state index contributed by atoms with van der Waals surface area (Å²) >= 11 is 0. The molecule has 1 atom stereocenters. The molecule has 0 aromatic heterocycles. The highest BCUT2D eigenvalue weighted by Crippen LogP contribution is 2.24. The van der Waals surface area contributed by atoms with E-state index in [0.717, 1.165) is 13.2 Å². The van der Waals surface area contributed by atoms with Gasteiger partial charge < -0.3 is 10.1 Å². The first-order chi connectivity index (χ1) is 8.33. The second-order valence-electron chi connectivity index (χ2n) is 4.87. The minimum atomic E-state index is 0.607. The fraction of sp³-hybridized carbons (Fsp3) is 0.600. The molecule has 2 nitrogen and oxygen atoms in total. The highest BCUT2D eigenvalue weighted by Gasteiger charge is 2.12. The topological polar surface area (TPSA) is 21.3 Å². The maximum absolute atomic E-state index is 5.44. The van der Waals surface area contributed by atoms with Gasteiger partial charge in [-0.1, -0.05) is 32.8 Å². The number of benzene rings is 1. The van der Waals surface area contributed by atoms with Gasteiger partial charge in [0, 0.05) is 11.7 Å². The average molecular weight is 233 g/mol. The zero-order chi connectivity index (χ0) is 12.1. The first kappa shape index (κ1) is 12.4. The molecule has 0 radical (unpaired) electrons. The van der Waals surface area contributed by atoms with Crippen LogP contribution in [0.2, 0.25) is 0 Å². The smallest absolute Gasteiger partial charge is 0.0725 e. The van der Waals surface area contributed by atoms with E-state index in [1.54, 1.807) is 0 Å². The third-order valence-electron chi connectivity index (χ3n) is 3.49. The van der Waals surface area contributed by atoms with Crippen molar-refractivity contribution in [1.82, 2.24) is 0 Å². The first-order valence-electron chi connectivity index (χ1n) is 6.79. The minimum absolute atomic E-state index is 0.607. The SMILES string of the molecule is CCCCC(CC)Nc1ccc2c(c1)COC2. The molecule has 0 saturated heterocycles. The number of hydrogen-bond acceptors (Lipinski definition) is 2. The summed E-state index contributed by atoms with van der Waals surface area (Å²) in [6.07, 6.45) is 5.03. The van der Waals surface area contributed by atoms with E-state index in [0.29, 0.717) is 6.04 Å². The lowest BCUT2D eigenvalue weighted by Crippen LogP contribution is -2.18. The Morgan fingerprint density at radius 2 is 2.06 bits per heavy atom. The Kier molecular flexibility index (Phi) is 4.43. The van der Waals surface area contributed by atoms with Gasteiger partial charge >= 0.3 is 0 Å². The molecule has 1 aliphatic rings. The summed E-state index contributed by atoms with van der Waals surface area (Å²) in [5, 5.41) is 3.64. The molecule has 1 heterocycles. The largest absolute Gasteiger partial charge is 0.382 e. The lowest BCUT2D eigenvalue weighted by Gasteiger charge is -2.18. The van der Waals surface area contributed by atoms with Crippen LogP contribution in [0.3, 0.4) is 0 Å².